The highest BCUT2D eigenvalue weighted by molar-refractivity contribution is 7.80. The van der Waals surface area contributed by atoms with Crippen LogP contribution < -0.4 is 0 Å². The Labute approximate surface area is 81.0 Å². The summed E-state index contributed by atoms with van der Waals surface area (Å²) >= 11 is 5.65. The van der Waals surface area contributed by atoms with Crippen LogP contribution in [0.3, 0.4) is 0 Å². The molecule has 0 amide bonds. The normalized spacial score (nSPS) is 12.5. The molecule has 1 unspecified atom stereocenters. The summed E-state index contributed by atoms with van der Waals surface area (Å²) < 4.78 is 4.65. The summed E-state index contributed by atoms with van der Waals surface area (Å²) in [5.74, 6) is 0.0680. The van der Waals surface area contributed by atoms with Crippen LogP contribution in [0.5, 0.6) is 0 Å². The fraction of sp³-hybridized carbons (Fsp3) is 0.375. The summed E-state index contributed by atoms with van der Waals surface area (Å²) in [5, 5.41) is 1.94. The molecule has 0 saturated carbocycles. The lowest BCUT2D eigenvalue weighted by Gasteiger charge is -2.08. The predicted octanol–water partition coefficient (Wildman–Crippen LogP) is 1.93. The highest BCUT2D eigenvalue weighted by Crippen LogP contribution is 2.23. The third-order valence-electron chi connectivity index (χ3n) is 1.55. The number of methoxy groups -OCH3 is 1. The summed E-state index contributed by atoms with van der Waals surface area (Å²) in [6.45, 7) is 0. The monoisotopic (exact) mass is 202 g/mol. The molecule has 0 radical (unpaired) electrons. The fourth-order valence-corrected chi connectivity index (χ4v) is 2.20. The first kappa shape index (κ1) is 9.61. The zero-order valence-corrected chi connectivity index (χ0v) is 8.40. The SMILES string of the molecule is COC(=O)C(CS)c1cccs1. The Morgan fingerprint density at radius 3 is 3.00 bits per heavy atom. The highest BCUT2D eigenvalue weighted by Gasteiger charge is 2.20. The minimum Gasteiger partial charge on any atom is -0.469 e. The summed E-state index contributed by atoms with van der Waals surface area (Å²) in [4.78, 5) is 12.2. The molecule has 1 atom stereocenters. The van der Waals surface area contributed by atoms with Gasteiger partial charge in [-0.2, -0.15) is 12.6 Å². The number of rotatable bonds is 3. The molecule has 4 heteroatoms. The minimum absolute atomic E-state index is 0.210. The van der Waals surface area contributed by atoms with Crippen molar-refractivity contribution >= 4 is 29.9 Å². The number of esters is 1. The molecular formula is C8H10O2S2. The third-order valence-corrected chi connectivity index (χ3v) is 2.91. The Kier molecular flexibility index (Phi) is 3.62. The van der Waals surface area contributed by atoms with Crippen LogP contribution >= 0.6 is 24.0 Å². The van der Waals surface area contributed by atoms with Crippen molar-refractivity contribution in [1.82, 2.24) is 0 Å². The molecule has 12 heavy (non-hydrogen) atoms. The summed E-state index contributed by atoms with van der Waals surface area (Å²) in [7, 11) is 1.40. The second-order valence-electron chi connectivity index (χ2n) is 2.27. The van der Waals surface area contributed by atoms with Crippen molar-refractivity contribution in [2.45, 2.75) is 5.92 Å². The van der Waals surface area contributed by atoms with Crippen LogP contribution in [0.15, 0.2) is 17.5 Å². The molecule has 0 aliphatic rings. The van der Waals surface area contributed by atoms with Gasteiger partial charge >= 0.3 is 5.97 Å². The van der Waals surface area contributed by atoms with Gasteiger partial charge in [0.15, 0.2) is 0 Å². The van der Waals surface area contributed by atoms with Crippen LogP contribution in [-0.2, 0) is 9.53 Å². The van der Waals surface area contributed by atoms with Gasteiger partial charge < -0.3 is 4.74 Å². The van der Waals surface area contributed by atoms with Gasteiger partial charge in [0.05, 0.1) is 13.0 Å². The van der Waals surface area contributed by atoms with Gasteiger partial charge in [-0.25, -0.2) is 0 Å². The molecule has 1 aromatic heterocycles. The van der Waals surface area contributed by atoms with E-state index in [-0.39, 0.29) is 11.9 Å². The zero-order valence-electron chi connectivity index (χ0n) is 6.69. The molecule has 2 nitrogen and oxygen atoms in total. The van der Waals surface area contributed by atoms with Crippen molar-refractivity contribution in [2.24, 2.45) is 0 Å². The molecule has 66 valence electrons. The van der Waals surface area contributed by atoms with Crippen LogP contribution in [0.2, 0.25) is 0 Å². The predicted molar refractivity (Wildman–Crippen MR) is 52.9 cm³/mol. The van der Waals surface area contributed by atoms with E-state index >= 15 is 0 Å². The minimum atomic E-state index is -0.215. The van der Waals surface area contributed by atoms with E-state index < -0.39 is 0 Å². The van der Waals surface area contributed by atoms with Gasteiger partial charge in [0.1, 0.15) is 0 Å². The van der Waals surface area contributed by atoms with E-state index in [4.69, 9.17) is 0 Å². The Balaban J connectivity index is 2.76. The second kappa shape index (κ2) is 4.52. The lowest BCUT2D eigenvalue weighted by Crippen LogP contribution is -2.14. The van der Waals surface area contributed by atoms with Crippen molar-refractivity contribution in [3.05, 3.63) is 22.4 Å². The van der Waals surface area contributed by atoms with Gasteiger partial charge in [-0.1, -0.05) is 6.07 Å². The zero-order chi connectivity index (χ0) is 8.97. The summed E-state index contributed by atoms with van der Waals surface area (Å²) in [5.41, 5.74) is 0. The molecule has 1 rings (SSSR count). The van der Waals surface area contributed by atoms with Gasteiger partial charge in [0.2, 0.25) is 0 Å². The first-order chi connectivity index (χ1) is 5.79. The van der Waals surface area contributed by atoms with E-state index in [1.807, 2.05) is 17.5 Å². The van der Waals surface area contributed by atoms with Crippen molar-refractivity contribution in [3.8, 4) is 0 Å². The van der Waals surface area contributed by atoms with E-state index in [0.717, 1.165) is 4.88 Å². The lowest BCUT2D eigenvalue weighted by atomic mass is 10.1. The summed E-state index contributed by atoms with van der Waals surface area (Å²) in [6, 6.07) is 3.84. The average molecular weight is 202 g/mol. The Bertz CT molecular complexity index is 244. The molecule has 0 N–H and O–H groups in total. The van der Waals surface area contributed by atoms with Crippen LogP contribution in [0.4, 0.5) is 0 Å². The van der Waals surface area contributed by atoms with Gasteiger partial charge in [-0.15, -0.1) is 11.3 Å². The molecular weight excluding hydrogens is 192 g/mol. The van der Waals surface area contributed by atoms with Crippen molar-refractivity contribution in [2.75, 3.05) is 12.9 Å². The number of hydrogen-bond donors (Lipinski definition) is 1. The van der Waals surface area contributed by atoms with E-state index in [1.54, 1.807) is 11.3 Å². The van der Waals surface area contributed by atoms with Crippen LogP contribution in [0.1, 0.15) is 10.8 Å². The quantitative estimate of drug-likeness (QED) is 0.599. The van der Waals surface area contributed by atoms with E-state index in [2.05, 4.69) is 17.4 Å². The molecule has 0 bridgehead atoms. The number of carbonyl (C=O) groups excluding carboxylic acids is 1. The first-order valence-corrected chi connectivity index (χ1v) is 5.03. The number of hydrogen-bond acceptors (Lipinski definition) is 4. The molecule has 0 fully saturated rings. The second-order valence-corrected chi connectivity index (χ2v) is 3.62. The lowest BCUT2D eigenvalue weighted by molar-refractivity contribution is -0.141. The molecule has 0 spiro atoms. The molecule has 1 heterocycles. The van der Waals surface area contributed by atoms with Gasteiger partial charge in [0.25, 0.3) is 0 Å². The van der Waals surface area contributed by atoms with E-state index in [9.17, 15) is 4.79 Å². The Morgan fingerprint density at radius 2 is 2.58 bits per heavy atom. The number of carbonyl (C=O) groups is 1. The maximum absolute atomic E-state index is 11.2. The Morgan fingerprint density at radius 1 is 1.83 bits per heavy atom. The average Bonchev–Trinajstić information content (AvgIpc) is 2.58. The van der Waals surface area contributed by atoms with E-state index in [1.165, 1.54) is 7.11 Å². The fourth-order valence-electron chi connectivity index (χ4n) is 0.912. The molecule has 0 saturated heterocycles. The number of ether oxygens (including phenoxy) is 1. The largest absolute Gasteiger partial charge is 0.469 e. The van der Waals surface area contributed by atoms with Crippen molar-refractivity contribution < 1.29 is 9.53 Å². The first-order valence-electron chi connectivity index (χ1n) is 3.51. The smallest absolute Gasteiger partial charge is 0.314 e. The van der Waals surface area contributed by atoms with Crippen LogP contribution in [-0.4, -0.2) is 18.8 Å². The van der Waals surface area contributed by atoms with Crippen molar-refractivity contribution in [3.63, 3.8) is 0 Å². The molecule has 0 aliphatic carbocycles. The summed E-state index contributed by atoms with van der Waals surface area (Å²) in [6.07, 6.45) is 0. The van der Waals surface area contributed by atoms with Gasteiger partial charge in [0, 0.05) is 10.6 Å². The van der Waals surface area contributed by atoms with Crippen molar-refractivity contribution in [1.29, 1.82) is 0 Å². The maximum atomic E-state index is 11.2. The molecule has 1 aromatic rings. The molecule has 0 aromatic carbocycles. The molecule has 0 aliphatic heterocycles. The number of thiophene rings is 1. The third kappa shape index (κ3) is 2.01. The maximum Gasteiger partial charge on any atom is 0.314 e. The number of thiol groups is 1. The highest BCUT2D eigenvalue weighted by atomic mass is 32.1. The van der Waals surface area contributed by atoms with Crippen LogP contribution in [0.25, 0.3) is 0 Å². The topological polar surface area (TPSA) is 26.3 Å². The van der Waals surface area contributed by atoms with Crippen LogP contribution in [0, 0.1) is 0 Å². The van der Waals surface area contributed by atoms with E-state index in [0.29, 0.717) is 5.75 Å². The Hall–Kier alpha value is -0.480. The van der Waals surface area contributed by atoms with Gasteiger partial charge in [-0.05, 0) is 11.4 Å². The van der Waals surface area contributed by atoms with Gasteiger partial charge in [-0.3, -0.25) is 4.79 Å². The standard InChI is InChI=1S/C8H10O2S2/c1-10-8(9)6(5-11)7-3-2-4-12-7/h2-4,6,11H,5H2,1H3.